The number of ether oxygens (including phenoxy) is 1. The molecule has 1 saturated heterocycles. The van der Waals surface area contributed by atoms with Crippen LogP contribution in [0.4, 0.5) is 8.78 Å². The van der Waals surface area contributed by atoms with E-state index < -0.39 is 6.55 Å². The van der Waals surface area contributed by atoms with Crippen LogP contribution < -0.4 is 5.32 Å². The molecule has 0 bridgehead atoms. The first-order valence-corrected chi connectivity index (χ1v) is 8.56. The predicted octanol–water partition coefficient (Wildman–Crippen LogP) is 2.64. The maximum atomic E-state index is 12.9. The normalized spacial score (nSPS) is 17.8. The zero-order valence-corrected chi connectivity index (χ0v) is 17.4. The Morgan fingerprint density at radius 3 is 2.92 bits per heavy atom. The summed E-state index contributed by atoms with van der Waals surface area (Å²) in [5.74, 6) is 0.404. The van der Waals surface area contributed by atoms with E-state index in [0.717, 1.165) is 24.0 Å². The number of hydrogen-bond acceptors (Lipinski definition) is 4. The van der Waals surface area contributed by atoms with Crippen LogP contribution in [0, 0.1) is 5.92 Å². The minimum Gasteiger partial charge on any atom is -0.466 e. The number of rotatable bonds is 6. The van der Waals surface area contributed by atoms with E-state index in [4.69, 9.17) is 4.74 Å². The molecule has 1 aromatic heterocycles. The van der Waals surface area contributed by atoms with E-state index >= 15 is 0 Å². The number of likely N-dealkylation sites (tertiary alicyclic amines) is 1. The molecule has 1 aliphatic heterocycles. The Hall–Kier alpha value is -1.46. The molecule has 0 saturated carbocycles. The molecule has 2 heterocycles. The lowest BCUT2D eigenvalue weighted by atomic mass is 9.98. The number of aliphatic imine (C=N–C) groups is 1. The van der Waals surface area contributed by atoms with Crippen LogP contribution in [-0.4, -0.2) is 52.6 Å². The molecular formula is C16H26F2IN5O2. The second-order valence-corrected chi connectivity index (χ2v) is 5.74. The van der Waals surface area contributed by atoms with Gasteiger partial charge in [0.25, 0.3) is 0 Å². The van der Waals surface area contributed by atoms with Crippen molar-refractivity contribution in [1.29, 1.82) is 0 Å². The predicted molar refractivity (Wildman–Crippen MR) is 105 cm³/mol. The van der Waals surface area contributed by atoms with Crippen LogP contribution >= 0.6 is 24.0 Å². The summed E-state index contributed by atoms with van der Waals surface area (Å²) < 4.78 is 31.7. The summed E-state index contributed by atoms with van der Waals surface area (Å²) in [5, 5.41) is 3.15. The second-order valence-electron chi connectivity index (χ2n) is 5.74. The lowest BCUT2D eigenvalue weighted by Gasteiger charge is -2.34. The van der Waals surface area contributed by atoms with E-state index in [1.54, 1.807) is 6.92 Å². The maximum absolute atomic E-state index is 12.9. The van der Waals surface area contributed by atoms with E-state index in [2.05, 4.69) is 15.3 Å². The topological polar surface area (TPSA) is 71.8 Å². The SMILES string of the molecule is CCNC(=NCc1nccn1C(F)F)N1CCCC(C(=O)OCC)C1.I. The van der Waals surface area contributed by atoms with Crippen molar-refractivity contribution < 1.29 is 18.3 Å². The Bertz CT molecular complexity index is 597. The van der Waals surface area contributed by atoms with Crippen molar-refractivity contribution in [1.82, 2.24) is 19.8 Å². The highest BCUT2D eigenvalue weighted by Crippen LogP contribution is 2.18. The number of guanidine groups is 1. The summed E-state index contributed by atoms with van der Waals surface area (Å²) >= 11 is 0. The Kier molecular flexibility index (Phi) is 9.81. The van der Waals surface area contributed by atoms with Crippen molar-refractivity contribution in [3.63, 3.8) is 0 Å². The first kappa shape index (κ1) is 22.6. The standard InChI is InChI=1S/C16H25F2N5O2.HI/c1-3-19-16(21-10-13-20-7-9-23(13)15(17)18)22-8-5-6-12(11-22)14(24)25-4-2;/h7,9,12,15H,3-6,8,10-11H2,1-2H3,(H,19,21);1H. The van der Waals surface area contributed by atoms with Gasteiger partial charge in [-0.25, -0.2) is 9.98 Å². The van der Waals surface area contributed by atoms with Gasteiger partial charge in [-0.15, -0.1) is 24.0 Å². The number of alkyl halides is 2. The number of esters is 1. The van der Waals surface area contributed by atoms with Gasteiger partial charge in [0.2, 0.25) is 0 Å². The summed E-state index contributed by atoms with van der Waals surface area (Å²) in [6.07, 6.45) is 4.20. The minimum atomic E-state index is -2.64. The number of carbonyl (C=O) groups is 1. The molecule has 10 heteroatoms. The van der Waals surface area contributed by atoms with Gasteiger partial charge in [0, 0.05) is 32.0 Å². The van der Waals surface area contributed by atoms with E-state index in [0.29, 0.717) is 25.7 Å². The van der Waals surface area contributed by atoms with Crippen molar-refractivity contribution in [2.24, 2.45) is 10.9 Å². The van der Waals surface area contributed by atoms with Crippen LogP contribution in [0.25, 0.3) is 0 Å². The zero-order valence-electron chi connectivity index (χ0n) is 15.0. The average molecular weight is 485 g/mol. The highest BCUT2D eigenvalue weighted by Gasteiger charge is 2.28. The quantitative estimate of drug-likeness (QED) is 0.291. The van der Waals surface area contributed by atoms with Gasteiger partial charge in [-0.3, -0.25) is 9.36 Å². The van der Waals surface area contributed by atoms with Gasteiger partial charge < -0.3 is 15.0 Å². The molecule has 1 N–H and O–H groups in total. The van der Waals surface area contributed by atoms with Crippen molar-refractivity contribution >= 4 is 35.9 Å². The summed E-state index contributed by atoms with van der Waals surface area (Å²) in [4.78, 5) is 22.3. The number of halogens is 3. The molecular weight excluding hydrogens is 459 g/mol. The summed E-state index contributed by atoms with van der Waals surface area (Å²) in [6.45, 7) is 3.39. The van der Waals surface area contributed by atoms with Crippen LogP contribution in [-0.2, 0) is 16.1 Å². The van der Waals surface area contributed by atoms with Crippen LogP contribution in [0.1, 0.15) is 39.1 Å². The Morgan fingerprint density at radius 2 is 2.27 bits per heavy atom. The highest BCUT2D eigenvalue weighted by atomic mass is 127. The van der Waals surface area contributed by atoms with Gasteiger partial charge in [0.15, 0.2) is 5.96 Å². The largest absolute Gasteiger partial charge is 0.466 e. The van der Waals surface area contributed by atoms with Crippen molar-refractivity contribution in [3.05, 3.63) is 18.2 Å². The molecule has 1 fully saturated rings. The number of carbonyl (C=O) groups excluding carboxylic acids is 1. The Labute approximate surface area is 169 Å². The fourth-order valence-corrected chi connectivity index (χ4v) is 2.84. The molecule has 2 rings (SSSR count). The van der Waals surface area contributed by atoms with Gasteiger partial charge in [-0.2, -0.15) is 8.78 Å². The van der Waals surface area contributed by atoms with Crippen LogP contribution in [0.15, 0.2) is 17.4 Å². The number of imidazole rings is 1. The first-order valence-electron chi connectivity index (χ1n) is 8.56. The number of nitrogens with one attached hydrogen (secondary N) is 1. The number of piperidine rings is 1. The third-order valence-electron chi connectivity index (χ3n) is 4.01. The summed E-state index contributed by atoms with van der Waals surface area (Å²) in [7, 11) is 0. The maximum Gasteiger partial charge on any atom is 0.319 e. The summed E-state index contributed by atoms with van der Waals surface area (Å²) in [5.41, 5.74) is 0. The highest BCUT2D eigenvalue weighted by molar-refractivity contribution is 14.0. The second kappa shape index (κ2) is 11.3. The number of nitrogens with zero attached hydrogens (tertiary/aromatic N) is 4. The van der Waals surface area contributed by atoms with Crippen LogP contribution in [0.3, 0.4) is 0 Å². The summed E-state index contributed by atoms with van der Waals surface area (Å²) in [6, 6.07) is 0. The lowest BCUT2D eigenvalue weighted by molar-refractivity contribution is -0.149. The molecule has 1 atom stereocenters. The molecule has 7 nitrogen and oxygen atoms in total. The molecule has 148 valence electrons. The molecule has 1 unspecified atom stereocenters. The van der Waals surface area contributed by atoms with Crippen molar-refractivity contribution in [2.75, 3.05) is 26.2 Å². The Morgan fingerprint density at radius 1 is 1.50 bits per heavy atom. The minimum absolute atomic E-state index is 0. The molecule has 26 heavy (non-hydrogen) atoms. The van der Waals surface area contributed by atoms with Gasteiger partial charge >= 0.3 is 12.5 Å². The van der Waals surface area contributed by atoms with Crippen molar-refractivity contribution in [3.8, 4) is 0 Å². The van der Waals surface area contributed by atoms with Gasteiger partial charge in [-0.1, -0.05) is 0 Å². The first-order chi connectivity index (χ1) is 12.1. The zero-order chi connectivity index (χ0) is 18.2. The molecule has 0 spiro atoms. The lowest BCUT2D eigenvalue weighted by Crippen LogP contribution is -2.48. The fraction of sp³-hybridized carbons (Fsp3) is 0.688. The average Bonchev–Trinajstić information content (AvgIpc) is 3.08. The molecule has 0 aliphatic carbocycles. The van der Waals surface area contributed by atoms with Crippen molar-refractivity contribution in [2.45, 2.75) is 39.8 Å². The fourth-order valence-electron chi connectivity index (χ4n) is 2.84. The molecule has 0 amide bonds. The van der Waals surface area contributed by atoms with Gasteiger partial charge in [0.1, 0.15) is 12.4 Å². The molecule has 0 radical (unpaired) electrons. The van der Waals surface area contributed by atoms with E-state index in [-0.39, 0.29) is 48.2 Å². The van der Waals surface area contributed by atoms with Crippen LogP contribution in [0.5, 0.6) is 0 Å². The molecule has 1 aliphatic rings. The van der Waals surface area contributed by atoms with E-state index in [1.165, 1.54) is 12.4 Å². The third kappa shape index (κ3) is 6.06. The van der Waals surface area contributed by atoms with Crippen LogP contribution in [0.2, 0.25) is 0 Å². The number of hydrogen-bond donors (Lipinski definition) is 1. The van der Waals surface area contributed by atoms with E-state index in [9.17, 15) is 13.6 Å². The third-order valence-corrected chi connectivity index (χ3v) is 4.01. The Balaban J connectivity index is 0.00000338. The van der Waals surface area contributed by atoms with Gasteiger partial charge in [0.05, 0.1) is 12.5 Å². The van der Waals surface area contributed by atoms with E-state index in [1.807, 2.05) is 11.8 Å². The van der Waals surface area contributed by atoms with Gasteiger partial charge in [-0.05, 0) is 26.7 Å². The molecule has 0 aromatic carbocycles. The smallest absolute Gasteiger partial charge is 0.319 e. The molecule has 1 aromatic rings. The number of aromatic nitrogens is 2. The monoisotopic (exact) mass is 485 g/mol.